The lowest BCUT2D eigenvalue weighted by Gasteiger charge is -2.14. The Morgan fingerprint density at radius 1 is 1.47 bits per heavy atom. The second kappa shape index (κ2) is 6.83. The molecule has 6 heteroatoms. The fraction of sp³-hybridized carbons (Fsp3) is 0.462. The predicted molar refractivity (Wildman–Crippen MR) is 88.1 cm³/mol. The Labute approximate surface area is 130 Å². The molecule has 19 heavy (non-hydrogen) atoms. The van der Waals surface area contributed by atoms with Crippen LogP contribution in [0.25, 0.3) is 0 Å². The molecule has 0 radical (unpaired) electrons. The van der Waals surface area contributed by atoms with Crippen LogP contribution in [-0.2, 0) is 19.5 Å². The van der Waals surface area contributed by atoms with Crippen LogP contribution in [0.15, 0.2) is 15.2 Å². The van der Waals surface area contributed by atoms with E-state index in [4.69, 9.17) is 10.7 Å². The highest BCUT2D eigenvalue weighted by Gasteiger charge is 2.13. The minimum atomic E-state index is 0.588. The molecule has 0 atom stereocenters. The zero-order valence-corrected chi connectivity index (χ0v) is 14.4. The zero-order valence-electron chi connectivity index (χ0n) is 11.1. The highest BCUT2D eigenvalue weighted by molar-refractivity contribution is 9.11. The first-order valence-corrected chi connectivity index (χ1v) is 8.75. The summed E-state index contributed by atoms with van der Waals surface area (Å²) < 4.78 is 1.17. The molecule has 0 aliphatic carbocycles. The van der Waals surface area contributed by atoms with Crippen LogP contribution in [0.2, 0.25) is 0 Å². The van der Waals surface area contributed by atoms with E-state index in [-0.39, 0.29) is 0 Å². The van der Waals surface area contributed by atoms with Crippen molar-refractivity contribution in [3.8, 4) is 0 Å². The zero-order chi connectivity index (χ0) is 13.8. The third-order valence-corrected chi connectivity index (χ3v) is 5.59. The largest absolute Gasteiger partial charge is 0.347 e. The Hall–Kier alpha value is -0.430. The van der Waals surface area contributed by atoms with Gasteiger partial charge in [0.25, 0.3) is 0 Å². The van der Waals surface area contributed by atoms with Crippen LogP contribution in [0.4, 0.5) is 5.13 Å². The van der Waals surface area contributed by atoms with E-state index in [1.807, 2.05) is 0 Å². The monoisotopic (exact) mass is 359 g/mol. The molecular weight excluding hydrogens is 342 g/mol. The van der Waals surface area contributed by atoms with Gasteiger partial charge in [0, 0.05) is 25.0 Å². The number of nitrogens with two attached hydrogens (primary N) is 1. The first kappa shape index (κ1) is 15.0. The van der Waals surface area contributed by atoms with Crippen LogP contribution in [0.3, 0.4) is 0 Å². The van der Waals surface area contributed by atoms with Crippen molar-refractivity contribution in [2.75, 3.05) is 11.9 Å². The smallest absolute Gasteiger partial charge is 0.185 e. The van der Waals surface area contributed by atoms with E-state index in [1.165, 1.54) is 19.9 Å². The maximum atomic E-state index is 5.80. The van der Waals surface area contributed by atoms with E-state index in [2.05, 4.69) is 46.2 Å². The lowest BCUT2D eigenvalue weighted by Crippen LogP contribution is -2.15. The van der Waals surface area contributed by atoms with Crippen molar-refractivity contribution in [3.63, 3.8) is 0 Å². The van der Waals surface area contributed by atoms with Crippen molar-refractivity contribution in [3.05, 3.63) is 31.4 Å². The number of thiophene rings is 1. The van der Waals surface area contributed by atoms with Crippen molar-refractivity contribution >= 4 is 43.7 Å². The molecule has 0 aliphatic rings. The van der Waals surface area contributed by atoms with E-state index in [0.717, 1.165) is 24.5 Å². The number of hydrogen-bond acceptors (Lipinski definition) is 5. The summed E-state index contributed by atoms with van der Waals surface area (Å²) in [5, 5.41) is 3.23. The normalized spacial score (nSPS) is 10.9. The van der Waals surface area contributed by atoms with Gasteiger partial charge in [-0.15, -0.1) is 22.7 Å². The average molecular weight is 360 g/mol. The molecule has 2 aromatic heterocycles. The van der Waals surface area contributed by atoms with Gasteiger partial charge in [0.1, 0.15) is 0 Å². The summed E-state index contributed by atoms with van der Waals surface area (Å²) in [5.74, 6) is 0. The predicted octanol–water partition coefficient (Wildman–Crippen LogP) is 4.01. The van der Waals surface area contributed by atoms with Gasteiger partial charge in [0.15, 0.2) is 5.13 Å². The van der Waals surface area contributed by atoms with Crippen molar-refractivity contribution in [1.82, 2.24) is 4.98 Å². The van der Waals surface area contributed by atoms with Crippen LogP contribution >= 0.6 is 38.6 Å². The van der Waals surface area contributed by atoms with Gasteiger partial charge in [-0.1, -0.05) is 13.3 Å². The van der Waals surface area contributed by atoms with Crippen molar-refractivity contribution in [1.29, 1.82) is 0 Å². The topological polar surface area (TPSA) is 42.2 Å². The Morgan fingerprint density at radius 3 is 2.84 bits per heavy atom. The highest BCUT2D eigenvalue weighted by Crippen LogP contribution is 2.28. The first-order chi connectivity index (χ1) is 9.13. The van der Waals surface area contributed by atoms with Crippen LogP contribution in [0, 0.1) is 0 Å². The molecule has 0 saturated carbocycles. The molecule has 2 N–H and O–H groups in total. The van der Waals surface area contributed by atoms with Crippen molar-refractivity contribution < 1.29 is 0 Å². The molecule has 0 aromatic carbocycles. The number of rotatable bonds is 6. The summed E-state index contributed by atoms with van der Waals surface area (Å²) >= 11 is 6.93. The fourth-order valence-corrected chi connectivity index (χ4v) is 4.04. The molecule has 2 heterocycles. The van der Waals surface area contributed by atoms with Gasteiger partial charge < -0.3 is 10.6 Å². The van der Waals surface area contributed by atoms with Crippen LogP contribution in [0.1, 0.15) is 29.5 Å². The lowest BCUT2D eigenvalue weighted by atomic mass is 10.2. The molecule has 0 aliphatic heterocycles. The van der Waals surface area contributed by atoms with Gasteiger partial charge in [-0.2, -0.15) is 0 Å². The third kappa shape index (κ3) is 3.78. The maximum Gasteiger partial charge on any atom is 0.185 e. The Kier molecular flexibility index (Phi) is 5.38. The van der Waals surface area contributed by atoms with E-state index < -0.39 is 0 Å². The van der Waals surface area contributed by atoms with E-state index >= 15 is 0 Å². The first-order valence-electron chi connectivity index (χ1n) is 6.26. The standard InChI is InChI=1S/C13H18BrN3S2/c1-3-4-10-11(6-15)19-13(16-10)17(2)7-9-5-12(14)18-8-9/h5,8H,3-4,6-7,15H2,1-2H3. The van der Waals surface area contributed by atoms with Gasteiger partial charge in [-0.05, 0) is 39.4 Å². The Balaban J connectivity index is 2.12. The summed E-state index contributed by atoms with van der Waals surface area (Å²) in [6.07, 6.45) is 2.12. The van der Waals surface area contributed by atoms with Crippen LogP contribution < -0.4 is 10.6 Å². The summed E-state index contributed by atoms with van der Waals surface area (Å²) in [4.78, 5) is 8.14. The fourth-order valence-electron chi connectivity index (χ4n) is 1.89. The minimum Gasteiger partial charge on any atom is -0.347 e. The molecule has 0 amide bonds. The molecule has 3 nitrogen and oxygen atoms in total. The number of aryl methyl sites for hydroxylation is 1. The molecule has 0 spiro atoms. The number of aromatic nitrogens is 1. The van der Waals surface area contributed by atoms with Gasteiger partial charge in [0.05, 0.1) is 9.48 Å². The van der Waals surface area contributed by atoms with Gasteiger partial charge in [-0.25, -0.2) is 4.98 Å². The summed E-state index contributed by atoms with van der Waals surface area (Å²) in [6.45, 7) is 3.64. The number of hydrogen-bond donors (Lipinski definition) is 1. The molecule has 0 saturated heterocycles. The van der Waals surface area contributed by atoms with E-state index in [1.54, 1.807) is 22.7 Å². The second-order valence-corrected chi connectivity index (χ2v) is 7.79. The minimum absolute atomic E-state index is 0.588. The molecule has 2 rings (SSSR count). The highest BCUT2D eigenvalue weighted by atomic mass is 79.9. The molecule has 104 valence electrons. The SMILES string of the molecule is CCCc1nc(N(C)Cc2csc(Br)c2)sc1CN. The van der Waals surface area contributed by atoms with Gasteiger partial charge in [0.2, 0.25) is 0 Å². The number of thiazole rings is 1. The molecule has 0 unspecified atom stereocenters. The molecular formula is C13H18BrN3S2. The molecule has 0 fully saturated rings. The Morgan fingerprint density at radius 2 is 2.26 bits per heavy atom. The van der Waals surface area contributed by atoms with Gasteiger partial charge >= 0.3 is 0 Å². The van der Waals surface area contributed by atoms with Crippen LogP contribution in [0.5, 0.6) is 0 Å². The lowest BCUT2D eigenvalue weighted by molar-refractivity contribution is 0.855. The second-order valence-electron chi connectivity index (χ2n) is 4.44. The third-order valence-electron chi connectivity index (χ3n) is 2.81. The van der Waals surface area contributed by atoms with Crippen molar-refractivity contribution in [2.24, 2.45) is 5.73 Å². The van der Waals surface area contributed by atoms with Crippen molar-refractivity contribution in [2.45, 2.75) is 32.9 Å². The Bertz CT molecular complexity index is 536. The number of nitrogens with zero attached hydrogens (tertiary/aromatic N) is 2. The maximum absolute atomic E-state index is 5.80. The summed E-state index contributed by atoms with van der Waals surface area (Å²) in [5.41, 5.74) is 8.27. The summed E-state index contributed by atoms with van der Waals surface area (Å²) in [7, 11) is 2.08. The average Bonchev–Trinajstić information content (AvgIpc) is 2.96. The van der Waals surface area contributed by atoms with E-state index in [0.29, 0.717) is 6.54 Å². The molecule has 0 bridgehead atoms. The number of anilines is 1. The molecule has 2 aromatic rings. The van der Waals surface area contributed by atoms with E-state index in [9.17, 15) is 0 Å². The quantitative estimate of drug-likeness (QED) is 0.846. The number of halogens is 1. The van der Waals surface area contributed by atoms with Crippen LogP contribution in [-0.4, -0.2) is 12.0 Å². The van der Waals surface area contributed by atoms with Gasteiger partial charge in [-0.3, -0.25) is 0 Å². The summed E-state index contributed by atoms with van der Waals surface area (Å²) in [6, 6.07) is 2.16.